The third kappa shape index (κ3) is 4.79. The van der Waals surface area contributed by atoms with Crippen molar-refractivity contribution in [3.63, 3.8) is 0 Å². The molecule has 0 bridgehead atoms. The van der Waals surface area contributed by atoms with Gasteiger partial charge in [0.25, 0.3) is 0 Å². The molecule has 0 aliphatic carbocycles. The van der Waals surface area contributed by atoms with Gasteiger partial charge in [-0.2, -0.15) is 0 Å². The number of aryl methyl sites for hydroxylation is 1. The van der Waals surface area contributed by atoms with E-state index in [2.05, 4.69) is 0 Å². The Morgan fingerprint density at radius 1 is 0.867 bits per heavy atom. The van der Waals surface area contributed by atoms with Crippen LogP contribution in [0.15, 0.2) is 72.6 Å². The maximum absolute atomic E-state index is 14.7. The van der Waals surface area contributed by atoms with Gasteiger partial charge in [0.2, 0.25) is 0 Å². The van der Waals surface area contributed by atoms with Gasteiger partial charge in [-0.05, 0) is 42.7 Å². The lowest BCUT2D eigenvalue weighted by atomic mass is 9.98. The number of ether oxygens (including phenoxy) is 1. The molecular formula is C25H21F3O2. The zero-order valence-corrected chi connectivity index (χ0v) is 16.7. The minimum atomic E-state index is -0.963. The molecule has 0 spiro atoms. The molecule has 0 unspecified atom stereocenters. The van der Waals surface area contributed by atoms with Crippen LogP contribution in [0.3, 0.4) is 0 Å². The van der Waals surface area contributed by atoms with Crippen molar-refractivity contribution in [1.29, 1.82) is 0 Å². The van der Waals surface area contributed by atoms with Gasteiger partial charge in [-0.3, -0.25) is 0 Å². The number of carbonyl (C=O) groups excluding carboxylic acids is 1. The number of halogens is 3. The first-order valence-corrected chi connectivity index (χ1v) is 9.57. The van der Waals surface area contributed by atoms with E-state index in [1.165, 1.54) is 42.5 Å². The summed E-state index contributed by atoms with van der Waals surface area (Å²) >= 11 is 0. The predicted molar refractivity (Wildman–Crippen MR) is 112 cm³/mol. The summed E-state index contributed by atoms with van der Waals surface area (Å²) in [5.74, 6) is -3.11. The van der Waals surface area contributed by atoms with Crippen LogP contribution in [-0.4, -0.2) is 12.6 Å². The van der Waals surface area contributed by atoms with Crippen molar-refractivity contribution >= 4 is 5.97 Å². The first-order valence-electron chi connectivity index (χ1n) is 9.57. The Balaban J connectivity index is 1.81. The van der Waals surface area contributed by atoms with E-state index in [0.29, 0.717) is 17.5 Å². The van der Waals surface area contributed by atoms with Crippen molar-refractivity contribution in [2.75, 3.05) is 6.61 Å². The van der Waals surface area contributed by atoms with Crippen LogP contribution in [0, 0.1) is 18.6 Å². The van der Waals surface area contributed by atoms with Gasteiger partial charge < -0.3 is 4.74 Å². The molecule has 0 N–H and O–H groups in total. The molecule has 0 atom stereocenters. The van der Waals surface area contributed by atoms with E-state index in [0.717, 1.165) is 5.56 Å². The normalized spacial score (nSPS) is 11.4. The molecule has 3 aromatic rings. The van der Waals surface area contributed by atoms with Crippen molar-refractivity contribution in [1.82, 2.24) is 0 Å². The Morgan fingerprint density at radius 3 is 1.87 bits per heavy atom. The lowest BCUT2D eigenvalue weighted by Crippen LogP contribution is -2.06. The molecule has 0 radical (unpaired) electrons. The Hall–Kier alpha value is -3.34. The van der Waals surface area contributed by atoms with Gasteiger partial charge >= 0.3 is 5.97 Å². The van der Waals surface area contributed by atoms with Gasteiger partial charge in [-0.15, -0.1) is 0 Å². The zero-order valence-electron chi connectivity index (χ0n) is 16.7. The highest BCUT2D eigenvalue weighted by Gasteiger charge is 2.16. The molecule has 0 saturated carbocycles. The summed E-state index contributed by atoms with van der Waals surface area (Å²) in [5, 5.41) is 0. The second kappa shape index (κ2) is 9.44. The van der Waals surface area contributed by atoms with Crippen molar-refractivity contribution in [2.24, 2.45) is 0 Å². The number of esters is 1. The monoisotopic (exact) mass is 410 g/mol. The van der Waals surface area contributed by atoms with Crippen LogP contribution in [0.1, 0.15) is 29.3 Å². The first kappa shape index (κ1) is 21.4. The Labute approximate surface area is 173 Å². The molecule has 30 heavy (non-hydrogen) atoms. The summed E-state index contributed by atoms with van der Waals surface area (Å²) < 4.78 is 47.6. The van der Waals surface area contributed by atoms with Crippen molar-refractivity contribution < 1.29 is 22.7 Å². The van der Waals surface area contributed by atoms with E-state index < -0.39 is 30.0 Å². The van der Waals surface area contributed by atoms with Gasteiger partial charge in [0.15, 0.2) is 11.6 Å². The largest absolute Gasteiger partial charge is 0.455 e. The second-order valence-electron chi connectivity index (χ2n) is 6.87. The van der Waals surface area contributed by atoms with Crippen molar-refractivity contribution in [3.8, 4) is 22.3 Å². The number of carbonyl (C=O) groups is 1. The fraction of sp³-hybridized carbons (Fsp3) is 0.160. The number of benzene rings is 3. The fourth-order valence-electron chi connectivity index (χ4n) is 3.01. The summed E-state index contributed by atoms with van der Waals surface area (Å²) in [6, 6.07) is 16.1. The van der Waals surface area contributed by atoms with Crippen LogP contribution in [-0.2, 0) is 4.74 Å². The van der Waals surface area contributed by atoms with Crippen LogP contribution < -0.4 is 0 Å². The number of hydrogen-bond donors (Lipinski definition) is 0. The summed E-state index contributed by atoms with van der Waals surface area (Å²) in [6.07, 6.45) is 1.83. The predicted octanol–water partition coefficient (Wildman–Crippen LogP) is 7.03. The molecule has 0 saturated heterocycles. The average Bonchev–Trinajstić information content (AvgIpc) is 2.75. The van der Waals surface area contributed by atoms with Crippen LogP contribution in [0.25, 0.3) is 22.3 Å². The third-order valence-electron chi connectivity index (χ3n) is 4.64. The molecule has 3 aromatic carbocycles. The number of allylic oxidation sites excluding steroid dienone is 1. The topological polar surface area (TPSA) is 26.3 Å². The maximum Gasteiger partial charge on any atom is 0.338 e. The maximum atomic E-state index is 14.7. The van der Waals surface area contributed by atoms with E-state index in [1.54, 1.807) is 19.1 Å². The van der Waals surface area contributed by atoms with E-state index in [1.807, 2.05) is 19.1 Å². The highest BCUT2D eigenvalue weighted by Crippen LogP contribution is 2.31. The van der Waals surface area contributed by atoms with Gasteiger partial charge in [-0.25, -0.2) is 18.0 Å². The van der Waals surface area contributed by atoms with Gasteiger partial charge in [0.05, 0.1) is 5.56 Å². The SMILES string of the molecule is CC/C=C(/F)COC(=O)c1ccc(-c2ccc(-c3ccc(C)cc3)c(F)c2F)cc1. The molecule has 154 valence electrons. The Morgan fingerprint density at radius 2 is 1.37 bits per heavy atom. The van der Waals surface area contributed by atoms with Crippen LogP contribution >= 0.6 is 0 Å². The molecular weight excluding hydrogens is 389 g/mol. The lowest BCUT2D eigenvalue weighted by Gasteiger charge is -2.10. The number of hydrogen-bond acceptors (Lipinski definition) is 2. The smallest absolute Gasteiger partial charge is 0.338 e. The minimum absolute atomic E-state index is 0.0835. The van der Waals surface area contributed by atoms with E-state index in [4.69, 9.17) is 4.74 Å². The summed E-state index contributed by atoms with van der Waals surface area (Å²) in [6.45, 7) is 3.26. The Kier molecular flexibility index (Phi) is 6.72. The molecule has 0 amide bonds. The highest BCUT2D eigenvalue weighted by molar-refractivity contribution is 5.90. The molecule has 3 rings (SSSR count). The van der Waals surface area contributed by atoms with Crippen molar-refractivity contribution in [2.45, 2.75) is 20.3 Å². The average molecular weight is 410 g/mol. The van der Waals surface area contributed by atoms with Crippen molar-refractivity contribution in [3.05, 3.63) is 95.3 Å². The second-order valence-corrected chi connectivity index (χ2v) is 6.87. The van der Waals surface area contributed by atoms with Crippen LogP contribution in [0.2, 0.25) is 0 Å². The summed E-state index contributed by atoms with van der Waals surface area (Å²) in [4.78, 5) is 12.0. The molecule has 0 aliphatic rings. The Bertz CT molecular complexity index is 1070. The lowest BCUT2D eigenvalue weighted by molar-refractivity contribution is 0.0520. The molecule has 0 aromatic heterocycles. The van der Waals surface area contributed by atoms with Crippen LogP contribution in [0.4, 0.5) is 13.2 Å². The molecule has 0 heterocycles. The van der Waals surface area contributed by atoms with E-state index in [-0.39, 0.29) is 16.7 Å². The summed E-state index contributed by atoms with van der Waals surface area (Å²) in [7, 11) is 0. The quantitative estimate of drug-likeness (QED) is 0.408. The molecule has 2 nitrogen and oxygen atoms in total. The van der Waals surface area contributed by atoms with Gasteiger partial charge in [0, 0.05) is 11.1 Å². The standard InChI is InChI=1S/C25H21F3O2/c1-3-4-20(26)15-30-25(29)19-11-9-18(10-12-19)22-14-13-21(23(27)24(22)28)17-7-5-16(2)6-8-17/h4-14H,3,15H2,1-2H3/b20-4+. The van der Waals surface area contributed by atoms with Gasteiger partial charge in [0.1, 0.15) is 12.4 Å². The number of rotatable bonds is 6. The van der Waals surface area contributed by atoms with E-state index >= 15 is 0 Å². The third-order valence-corrected chi connectivity index (χ3v) is 4.64. The van der Waals surface area contributed by atoms with E-state index in [9.17, 15) is 18.0 Å². The zero-order chi connectivity index (χ0) is 21.7. The molecule has 0 fully saturated rings. The van der Waals surface area contributed by atoms with Gasteiger partial charge in [-0.1, -0.05) is 61.0 Å². The first-order chi connectivity index (χ1) is 14.4. The fourth-order valence-corrected chi connectivity index (χ4v) is 3.01. The highest BCUT2D eigenvalue weighted by atomic mass is 19.2. The summed E-state index contributed by atoms with van der Waals surface area (Å²) in [5.41, 5.74) is 2.49. The molecule has 0 aliphatic heterocycles. The minimum Gasteiger partial charge on any atom is -0.455 e. The van der Waals surface area contributed by atoms with Crippen LogP contribution in [0.5, 0.6) is 0 Å². The molecule has 5 heteroatoms.